The number of benzene rings is 1. The first kappa shape index (κ1) is 14.5. The van der Waals surface area contributed by atoms with E-state index >= 15 is 0 Å². The van der Waals surface area contributed by atoms with Crippen LogP contribution in [0.3, 0.4) is 0 Å². The summed E-state index contributed by atoms with van der Waals surface area (Å²) in [5.74, 6) is -0.411. The molecule has 1 aromatic rings. The molecule has 0 spiro atoms. The minimum absolute atomic E-state index is 0.118. The minimum atomic E-state index is -0.268. The van der Waals surface area contributed by atoms with Gasteiger partial charge in [0.05, 0.1) is 13.2 Å². The highest BCUT2D eigenvalue weighted by Gasteiger charge is 2.19. The molecule has 2 amide bonds. The Bertz CT molecular complexity index is 508. The Morgan fingerprint density at radius 3 is 2.65 bits per heavy atom. The molecule has 1 fully saturated rings. The molecule has 0 aliphatic carbocycles. The topological polar surface area (TPSA) is 58.6 Å². The van der Waals surface area contributed by atoms with E-state index in [-0.39, 0.29) is 18.2 Å². The van der Waals surface area contributed by atoms with E-state index in [4.69, 9.17) is 4.74 Å². The summed E-state index contributed by atoms with van der Waals surface area (Å²) < 4.78 is 5.18. The van der Waals surface area contributed by atoms with Crippen LogP contribution in [0.2, 0.25) is 0 Å². The number of carbonyl (C=O) groups is 2. The maximum atomic E-state index is 12.0. The van der Waals surface area contributed by atoms with Gasteiger partial charge in [0, 0.05) is 18.8 Å². The summed E-state index contributed by atoms with van der Waals surface area (Å²) in [6.07, 6.45) is -0.118. The molecule has 1 heterocycles. The summed E-state index contributed by atoms with van der Waals surface area (Å²) in [7, 11) is 0. The summed E-state index contributed by atoms with van der Waals surface area (Å²) in [5, 5.41) is 2.80. The number of amides is 2. The highest BCUT2D eigenvalue weighted by Crippen LogP contribution is 2.18. The second-order valence-corrected chi connectivity index (χ2v) is 4.97. The van der Waals surface area contributed by atoms with Crippen molar-refractivity contribution in [3.63, 3.8) is 0 Å². The zero-order valence-electron chi connectivity index (χ0n) is 11.9. The van der Waals surface area contributed by atoms with Crippen LogP contribution < -0.4 is 5.32 Å². The van der Waals surface area contributed by atoms with Crippen LogP contribution in [0.25, 0.3) is 0 Å². The lowest BCUT2D eigenvalue weighted by molar-refractivity contribution is -0.138. The monoisotopic (exact) mass is 276 g/mol. The van der Waals surface area contributed by atoms with E-state index in [2.05, 4.69) is 5.32 Å². The number of aryl methyl sites for hydroxylation is 1. The van der Waals surface area contributed by atoms with Gasteiger partial charge in [-0.05, 0) is 31.0 Å². The van der Waals surface area contributed by atoms with Crippen molar-refractivity contribution in [3.8, 4) is 0 Å². The maximum absolute atomic E-state index is 12.0. The maximum Gasteiger partial charge on any atom is 0.233 e. The molecular formula is C15H20N2O3. The Kier molecular flexibility index (Phi) is 4.74. The quantitative estimate of drug-likeness (QED) is 0.851. The van der Waals surface area contributed by atoms with Gasteiger partial charge in [-0.1, -0.05) is 12.1 Å². The number of ether oxygens (including phenoxy) is 1. The third kappa shape index (κ3) is 3.57. The van der Waals surface area contributed by atoms with E-state index < -0.39 is 0 Å². The molecule has 0 radical (unpaired) electrons. The Hall–Kier alpha value is -1.88. The van der Waals surface area contributed by atoms with Gasteiger partial charge < -0.3 is 15.0 Å². The molecule has 1 aromatic carbocycles. The lowest BCUT2D eigenvalue weighted by Gasteiger charge is -2.26. The zero-order chi connectivity index (χ0) is 14.5. The number of rotatable bonds is 3. The normalized spacial score (nSPS) is 15.0. The summed E-state index contributed by atoms with van der Waals surface area (Å²) in [6, 6.07) is 5.73. The Morgan fingerprint density at radius 2 is 1.95 bits per heavy atom. The number of carbonyl (C=O) groups excluding carboxylic acids is 2. The van der Waals surface area contributed by atoms with Gasteiger partial charge in [0.2, 0.25) is 11.8 Å². The standard InChI is InChI=1S/C15H20N2O3/c1-11-4-3-5-13(12(11)2)16-14(18)10-15(19)17-6-8-20-9-7-17/h3-5H,6-10H2,1-2H3,(H,16,18). The summed E-state index contributed by atoms with van der Waals surface area (Å²) in [4.78, 5) is 25.6. The van der Waals surface area contributed by atoms with E-state index in [1.54, 1.807) is 4.90 Å². The van der Waals surface area contributed by atoms with Gasteiger partial charge in [-0.15, -0.1) is 0 Å². The minimum Gasteiger partial charge on any atom is -0.378 e. The first-order chi connectivity index (χ1) is 9.58. The Balaban J connectivity index is 1.91. The first-order valence-corrected chi connectivity index (χ1v) is 6.79. The van der Waals surface area contributed by atoms with Crippen LogP contribution in [0.4, 0.5) is 5.69 Å². The van der Waals surface area contributed by atoms with E-state index in [1.165, 1.54) is 0 Å². The Morgan fingerprint density at radius 1 is 1.25 bits per heavy atom. The van der Waals surface area contributed by atoms with Gasteiger partial charge in [-0.25, -0.2) is 0 Å². The SMILES string of the molecule is Cc1cccc(NC(=O)CC(=O)N2CCOCC2)c1C. The van der Waals surface area contributed by atoms with Crippen molar-refractivity contribution < 1.29 is 14.3 Å². The molecule has 5 nitrogen and oxygen atoms in total. The van der Waals surface area contributed by atoms with Crippen molar-refractivity contribution in [1.82, 2.24) is 4.90 Å². The van der Waals surface area contributed by atoms with Gasteiger partial charge in [-0.2, -0.15) is 0 Å². The number of anilines is 1. The number of nitrogens with one attached hydrogen (secondary N) is 1. The van der Waals surface area contributed by atoms with Crippen molar-refractivity contribution >= 4 is 17.5 Å². The lowest BCUT2D eigenvalue weighted by Crippen LogP contribution is -2.42. The molecule has 0 bridgehead atoms. The van der Waals surface area contributed by atoms with E-state index in [0.29, 0.717) is 26.3 Å². The fourth-order valence-corrected chi connectivity index (χ4v) is 2.14. The fourth-order valence-electron chi connectivity index (χ4n) is 2.14. The zero-order valence-corrected chi connectivity index (χ0v) is 11.9. The smallest absolute Gasteiger partial charge is 0.233 e. The van der Waals surface area contributed by atoms with Crippen molar-refractivity contribution in [2.24, 2.45) is 0 Å². The molecule has 0 atom stereocenters. The number of hydrogen-bond acceptors (Lipinski definition) is 3. The van der Waals surface area contributed by atoms with Crippen LogP contribution in [0.1, 0.15) is 17.5 Å². The predicted octanol–water partition coefficient (Wildman–Crippen LogP) is 1.49. The summed E-state index contributed by atoms with van der Waals surface area (Å²) >= 11 is 0. The molecule has 0 aromatic heterocycles. The molecule has 2 rings (SSSR count). The molecule has 1 aliphatic rings. The number of hydrogen-bond donors (Lipinski definition) is 1. The van der Waals surface area contributed by atoms with Crippen LogP contribution in [0, 0.1) is 13.8 Å². The highest BCUT2D eigenvalue weighted by atomic mass is 16.5. The van der Waals surface area contributed by atoms with Crippen molar-refractivity contribution in [1.29, 1.82) is 0 Å². The summed E-state index contributed by atoms with van der Waals surface area (Å²) in [6.45, 7) is 6.17. The van der Waals surface area contributed by atoms with Gasteiger partial charge in [-0.3, -0.25) is 9.59 Å². The lowest BCUT2D eigenvalue weighted by atomic mass is 10.1. The third-order valence-corrected chi connectivity index (χ3v) is 3.55. The van der Waals surface area contributed by atoms with Gasteiger partial charge in [0.25, 0.3) is 0 Å². The van der Waals surface area contributed by atoms with Crippen LogP contribution in [-0.2, 0) is 14.3 Å². The second-order valence-electron chi connectivity index (χ2n) is 4.97. The first-order valence-electron chi connectivity index (χ1n) is 6.79. The van der Waals surface area contributed by atoms with Crippen molar-refractivity contribution in [3.05, 3.63) is 29.3 Å². The van der Waals surface area contributed by atoms with Crippen LogP contribution in [0.15, 0.2) is 18.2 Å². The Labute approximate surface area is 118 Å². The van der Waals surface area contributed by atoms with Crippen molar-refractivity contribution in [2.45, 2.75) is 20.3 Å². The van der Waals surface area contributed by atoms with Crippen LogP contribution in [-0.4, -0.2) is 43.0 Å². The van der Waals surface area contributed by atoms with Crippen LogP contribution >= 0.6 is 0 Å². The average molecular weight is 276 g/mol. The molecule has 0 saturated carbocycles. The van der Waals surface area contributed by atoms with Gasteiger partial charge in [0.1, 0.15) is 6.42 Å². The molecule has 1 N–H and O–H groups in total. The largest absolute Gasteiger partial charge is 0.378 e. The molecule has 0 unspecified atom stereocenters. The fraction of sp³-hybridized carbons (Fsp3) is 0.467. The highest BCUT2D eigenvalue weighted by molar-refractivity contribution is 6.03. The molecule has 20 heavy (non-hydrogen) atoms. The van der Waals surface area contributed by atoms with Gasteiger partial charge in [0.15, 0.2) is 0 Å². The average Bonchev–Trinajstić information content (AvgIpc) is 2.45. The molecule has 108 valence electrons. The summed E-state index contributed by atoms with van der Waals surface area (Å²) in [5.41, 5.74) is 2.91. The number of nitrogens with zero attached hydrogens (tertiary/aromatic N) is 1. The van der Waals surface area contributed by atoms with E-state index in [9.17, 15) is 9.59 Å². The number of morpholine rings is 1. The van der Waals surface area contributed by atoms with Crippen LogP contribution in [0.5, 0.6) is 0 Å². The van der Waals surface area contributed by atoms with Gasteiger partial charge >= 0.3 is 0 Å². The van der Waals surface area contributed by atoms with E-state index in [1.807, 2.05) is 32.0 Å². The second kappa shape index (κ2) is 6.52. The van der Waals surface area contributed by atoms with Crippen molar-refractivity contribution in [2.75, 3.05) is 31.6 Å². The molecule has 5 heteroatoms. The third-order valence-electron chi connectivity index (χ3n) is 3.55. The van der Waals surface area contributed by atoms with E-state index in [0.717, 1.165) is 16.8 Å². The molecule has 1 saturated heterocycles. The molecular weight excluding hydrogens is 256 g/mol. The molecule has 1 aliphatic heterocycles. The predicted molar refractivity (Wildman–Crippen MR) is 76.6 cm³/mol.